The average Bonchev–Trinajstić information content (AvgIpc) is 2.91. The first-order valence-electron chi connectivity index (χ1n) is 6.19. The van der Waals surface area contributed by atoms with Crippen LogP contribution in [0.25, 0.3) is 0 Å². The molecule has 1 aliphatic rings. The van der Waals surface area contributed by atoms with Gasteiger partial charge in [0.2, 0.25) is 10.0 Å². The molecule has 1 fully saturated rings. The Bertz CT molecular complexity index is 574. The molecule has 0 saturated carbocycles. The van der Waals surface area contributed by atoms with Gasteiger partial charge in [0.15, 0.2) is 5.69 Å². The van der Waals surface area contributed by atoms with Gasteiger partial charge in [0, 0.05) is 12.7 Å². The van der Waals surface area contributed by atoms with Crippen LogP contribution in [0, 0.1) is 17.2 Å². The first-order chi connectivity index (χ1) is 9.13. The lowest BCUT2D eigenvalue weighted by atomic mass is 10.1. The highest BCUT2D eigenvalue weighted by molar-refractivity contribution is 7.89. The van der Waals surface area contributed by atoms with Gasteiger partial charge in [-0.1, -0.05) is 0 Å². The van der Waals surface area contributed by atoms with Crippen molar-refractivity contribution in [2.45, 2.75) is 17.7 Å². The average molecular weight is 280 g/mol. The standard InChI is InChI=1S/C12H16N4O2S/c13-8-11-12(2-1-5-15-11)19(17,18)16-7-4-10-3-6-14-9-10/h1-2,5,10,14,16H,3-4,6-7,9H2. The summed E-state index contributed by atoms with van der Waals surface area (Å²) in [5.41, 5.74) is -0.0717. The van der Waals surface area contributed by atoms with Gasteiger partial charge in [-0.05, 0) is 44.0 Å². The molecule has 0 bridgehead atoms. The summed E-state index contributed by atoms with van der Waals surface area (Å²) in [6, 6.07) is 4.70. The Labute approximate surface area is 112 Å². The third-order valence-electron chi connectivity index (χ3n) is 3.17. The Morgan fingerprint density at radius 3 is 3.11 bits per heavy atom. The summed E-state index contributed by atoms with van der Waals surface area (Å²) in [4.78, 5) is 3.71. The van der Waals surface area contributed by atoms with Crippen LogP contribution in [0.1, 0.15) is 18.5 Å². The molecule has 1 aliphatic heterocycles. The van der Waals surface area contributed by atoms with E-state index in [4.69, 9.17) is 5.26 Å². The molecule has 1 aromatic heterocycles. The van der Waals surface area contributed by atoms with Crippen molar-refractivity contribution in [1.29, 1.82) is 5.26 Å². The number of nitriles is 1. The molecule has 2 heterocycles. The summed E-state index contributed by atoms with van der Waals surface area (Å²) in [6.45, 7) is 2.32. The Morgan fingerprint density at radius 1 is 1.58 bits per heavy atom. The van der Waals surface area contributed by atoms with Crippen LogP contribution < -0.4 is 10.0 Å². The minimum absolute atomic E-state index is 0.0537. The van der Waals surface area contributed by atoms with E-state index in [9.17, 15) is 8.42 Å². The van der Waals surface area contributed by atoms with E-state index in [1.165, 1.54) is 18.3 Å². The molecule has 1 unspecified atom stereocenters. The topological polar surface area (TPSA) is 94.9 Å². The fourth-order valence-electron chi connectivity index (χ4n) is 2.13. The Kier molecular flexibility index (Phi) is 4.47. The summed E-state index contributed by atoms with van der Waals surface area (Å²) >= 11 is 0. The molecular formula is C12H16N4O2S. The van der Waals surface area contributed by atoms with Gasteiger partial charge in [0.25, 0.3) is 0 Å². The molecule has 0 aromatic carbocycles. The van der Waals surface area contributed by atoms with E-state index in [0.717, 1.165) is 25.9 Å². The van der Waals surface area contributed by atoms with E-state index in [1.54, 1.807) is 6.07 Å². The monoisotopic (exact) mass is 280 g/mol. The first kappa shape index (κ1) is 13.9. The normalized spacial score (nSPS) is 19.2. The minimum atomic E-state index is -3.65. The van der Waals surface area contributed by atoms with Crippen LogP contribution in [0.15, 0.2) is 23.2 Å². The predicted molar refractivity (Wildman–Crippen MR) is 69.7 cm³/mol. The number of rotatable bonds is 5. The Morgan fingerprint density at radius 2 is 2.42 bits per heavy atom. The fraction of sp³-hybridized carbons (Fsp3) is 0.500. The van der Waals surface area contributed by atoms with E-state index < -0.39 is 10.0 Å². The Balaban J connectivity index is 1.99. The van der Waals surface area contributed by atoms with Gasteiger partial charge in [0.05, 0.1) is 0 Å². The summed E-state index contributed by atoms with van der Waals surface area (Å²) in [6.07, 6.45) is 3.29. The van der Waals surface area contributed by atoms with E-state index in [2.05, 4.69) is 15.0 Å². The van der Waals surface area contributed by atoms with Gasteiger partial charge in [-0.25, -0.2) is 18.1 Å². The molecular weight excluding hydrogens is 264 g/mol. The minimum Gasteiger partial charge on any atom is -0.316 e. The van der Waals surface area contributed by atoms with Crippen LogP contribution in [0.2, 0.25) is 0 Å². The van der Waals surface area contributed by atoms with Crippen molar-refractivity contribution in [1.82, 2.24) is 15.0 Å². The number of pyridine rings is 1. The zero-order chi connectivity index (χ0) is 13.7. The predicted octanol–water partition coefficient (Wildman–Crippen LogP) is 0.231. The van der Waals surface area contributed by atoms with Crippen molar-refractivity contribution in [2.75, 3.05) is 19.6 Å². The summed E-state index contributed by atoms with van der Waals surface area (Å²) in [7, 11) is -3.65. The molecule has 2 rings (SSSR count). The van der Waals surface area contributed by atoms with Crippen molar-refractivity contribution in [3.8, 4) is 6.07 Å². The zero-order valence-corrected chi connectivity index (χ0v) is 11.3. The Hall–Kier alpha value is -1.49. The van der Waals surface area contributed by atoms with Crippen molar-refractivity contribution in [3.05, 3.63) is 24.0 Å². The second-order valence-corrected chi connectivity index (χ2v) is 6.24. The summed E-state index contributed by atoms with van der Waals surface area (Å²) in [5.74, 6) is 0.520. The van der Waals surface area contributed by atoms with Crippen molar-refractivity contribution < 1.29 is 8.42 Å². The highest BCUT2D eigenvalue weighted by Crippen LogP contribution is 2.14. The molecule has 6 nitrogen and oxygen atoms in total. The van der Waals surface area contributed by atoms with Crippen LogP contribution in [-0.4, -0.2) is 33.0 Å². The van der Waals surface area contributed by atoms with E-state index in [1.807, 2.05) is 0 Å². The fourth-order valence-corrected chi connectivity index (χ4v) is 3.28. The third kappa shape index (κ3) is 3.50. The van der Waals surface area contributed by atoms with E-state index >= 15 is 0 Å². The molecule has 102 valence electrons. The first-order valence-corrected chi connectivity index (χ1v) is 7.67. The molecule has 2 N–H and O–H groups in total. The molecule has 0 radical (unpaired) electrons. The molecule has 0 amide bonds. The maximum Gasteiger partial charge on any atom is 0.243 e. The van der Waals surface area contributed by atoms with Crippen molar-refractivity contribution in [3.63, 3.8) is 0 Å². The van der Waals surface area contributed by atoms with Crippen LogP contribution in [-0.2, 0) is 10.0 Å². The van der Waals surface area contributed by atoms with Crippen LogP contribution in [0.4, 0.5) is 0 Å². The molecule has 1 saturated heterocycles. The number of aromatic nitrogens is 1. The lowest BCUT2D eigenvalue weighted by Crippen LogP contribution is -2.27. The molecule has 0 aliphatic carbocycles. The number of hydrogen-bond acceptors (Lipinski definition) is 5. The second-order valence-electron chi connectivity index (χ2n) is 4.51. The molecule has 1 atom stereocenters. The van der Waals surface area contributed by atoms with Gasteiger partial charge in [-0.2, -0.15) is 5.26 Å². The van der Waals surface area contributed by atoms with Crippen LogP contribution in [0.3, 0.4) is 0 Å². The van der Waals surface area contributed by atoms with Gasteiger partial charge in [-0.3, -0.25) is 0 Å². The SMILES string of the molecule is N#Cc1ncccc1S(=O)(=O)NCCC1CCNC1. The number of nitrogens with one attached hydrogen (secondary N) is 2. The lowest BCUT2D eigenvalue weighted by molar-refractivity contribution is 0.519. The largest absolute Gasteiger partial charge is 0.316 e. The third-order valence-corrected chi connectivity index (χ3v) is 4.67. The van der Waals surface area contributed by atoms with Crippen molar-refractivity contribution >= 4 is 10.0 Å². The molecule has 19 heavy (non-hydrogen) atoms. The number of hydrogen-bond donors (Lipinski definition) is 2. The van der Waals surface area contributed by atoms with Gasteiger partial charge in [0.1, 0.15) is 11.0 Å². The highest BCUT2D eigenvalue weighted by atomic mass is 32.2. The molecule has 7 heteroatoms. The van der Waals surface area contributed by atoms with Crippen LogP contribution >= 0.6 is 0 Å². The maximum atomic E-state index is 12.1. The zero-order valence-electron chi connectivity index (χ0n) is 10.5. The number of sulfonamides is 1. The van der Waals surface area contributed by atoms with Crippen molar-refractivity contribution in [2.24, 2.45) is 5.92 Å². The van der Waals surface area contributed by atoms with Gasteiger partial charge >= 0.3 is 0 Å². The maximum absolute atomic E-state index is 12.1. The highest BCUT2D eigenvalue weighted by Gasteiger charge is 2.20. The molecule has 0 spiro atoms. The second kappa shape index (κ2) is 6.10. The van der Waals surface area contributed by atoms with Crippen LogP contribution in [0.5, 0.6) is 0 Å². The van der Waals surface area contributed by atoms with E-state index in [0.29, 0.717) is 12.5 Å². The lowest BCUT2D eigenvalue weighted by Gasteiger charge is -2.10. The summed E-state index contributed by atoms with van der Waals surface area (Å²) < 4.78 is 26.7. The van der Waals surface area contributed by atoms with Gasteiger partial charge in [-0.15, -0.1) is 0 Å². The quantitative estimate of drug-likeness (QED) is 0.805. The summed E-state index contributed by atoms with van der Waals surface area (Å²) in [5, 5.41) is 12.1. The van der Waals surface area contributed by atoms with E-state index in [-0.39, 0.29) is 10.6 Å². The molecule has 1 aromatic rings. The number of nitrogens with zero attached hydrogens (tertiary/aromatic N) is 2. The smallest absolute Gasteiger partial charge is 0.243 e. The van der Waals surface area contributed by atoms with Gasteiger partial charge < -0.3 is 5.32 Å².